The molecule has 0 spiro atoms. The van der Waals surface area contributed by atoms with Crippen molar-refractivity contribution in [1.29, 1.82) is 0 Å². The Morgan fingerprint density at radius 2 is 2.08 bits per heavy atom. The summed E-state index contributed by atoms with van der Waals surface area (Å²) in [5.41, 5.74) is 1.17. The fourth-order valence-electron chi connectivity index (χ4n) is 5.52. The topological polar surface area (TPSA) is 118 Å². The lowest BCUT2D eigenvalue weighted by atomic mass is 9.68. The highest BCUT2D eigenvalue weighted by atomic mass is 32.2. The molecule has 9 nitrogen and oxygen atoms in total. The van der Waals surface area contributed by atoms with Gasteiger partial charge in [-0.25, -0.2) is 14.4 Å². The van der Waals surface area contributed by atoms with E-state index < -0.39 is 17.5 Å². The number of fused-ring (bicyclic) bond motifs is 5. The molecule has 1 saturated carbocycles. The highest BCUT2D eigenvalue weighted by Crippen LogP contribution is 2.46. The van der Waals surface area contributed by atoms with Crippen molar-refractivity contribution in [3.8, 4) is 5.88 Å². The number of aliphatic hydroxyl groups is 1. The summed E-state index contributed by atoms with van der Waals surface area (Å²) in [6, 6.07) is 7.38. The first-order valence-electron chi connectivity index (χ1n) is 12.4. The number of pyridine rings is 3. The van der Waals surface area contributed by atoms with E-state index in [1.165, 1.54) is 25.1 Å². The maximum absolute atomic E-state index is 14.8. The van der Waals surface area contributed by atoms with Gasteiger partial charge in [-0.05, 0) is 43.9 Å². The van der Waals surface area contributed by atoms with Gasteiger partial charge in [-0.2, -0.15) is 0 Å². The molecular formula is C26H28FN5O4S. The molecule has 3 aromatic heterocycles. The molecule has 2 saturated heterocycles. The average molecular weight is 526 g/mol. The minimum absolute atomic E-state index is 0.0360. The fraction of sp³-hybridized carbons (Fsp3) is 0.462. The molecule has 1 unspecified atom stereocenters. The number of hydrogen-bond acceptors (Lipinski definition) is 9. The zero-order valence-electron chi connectivity index (χ0n) is 20.4. The number of nitrogens with zero attached hydrogens (tertiary/aromatic N) is 3. The Kier molecular flexibility index (Phi) is 6.26. The van der Waals surface area contributed by atoms with E-state index in [9.17, 15) is 14.3 Å². The van der Waals surface area contributed by atoms with Crippen molar-refractivity contribution in [3.63, 3.8) is 0 Å². The van der Waals surface area contributed by atoms with Crippen LogP contribution in [-0.4, -0.2) is 62.7 Å². The van der Waals surface area contributed by atoms with E-state index >= 15 is 0 Å². The van der Waals surface area contributed by atoms with E-state index in [1.54, 1.807) is 12.1 Å². The standard InChI is InChI=1S/C26H28FN5O4S/c1-35-22-5-3-18-23(32-22)16(17(27)12-28-18)10-20(33)26-8-6-25(7-9-26,14-36-26)29-11-15-2-4-19-24(30-15)31-21(34)13-37-19/h2-5,12,20,29,33H,6-11,13-14H2,1H3,(H,30,31,34). The molecule has 6 heterocycles. The first kappa shape index (κ1) is 24.5. The number of nitrogens with one attached hydrogen (secondary N) is 2. The second-order valence-corrected chi connectivity index (χ2v) is 11.0. The minimum Gasteiger partial charge on any atom is -0.481 e. The van der Waals surface area contributed by atoms with Gasteiger partial charge < -0.3 is 25.2 Å². The molecule has 4 aliphatic rings. The molecule has 1 aliphatic carbocycles. The van der Waals surface area contributed by atoms with Crippen molar-refractivity contribution in [2.75, 3.05) is 24.8 Å². The molecule has 3 fully saturated rings. The number of amides is 1. The van der Waals surface area contributed by atoms with Gasteiger partial charge in [-0.3, -0.25) is 9.78 Å². The number of ether oxygens (including phenoxy) is 2. The van der Waals surface area contributed by atoms with Crippen LogP contribution in [0.1, 0.15) is 36.9 Å². The van der Waals surface area contributed by atoms with Crippen LogP contribution in [0.5, 0.6) is 5.88 Å². The van der Waals surface area contributed by atoms with Crippen molar-refractivity contribution < 1.29 is 23.8 Å². The Labute approximate surface area is 217 Å². The summed E-state index contributed by atoms with van der Waals surface area (Å²) in [6.07, 6.45) is 3.34. The van der Waals surface area contributed by atoms with E-state index in [1.807, 2.05) is 12.1 Å². The molecule has 1 amide bonds. The number of halogens is 1. The molecule has 37 heavy (non-hydrogen) atoms. The number of hydrogen-bond donors (Lipinski definition) is 3. The summed E-state index contributed by atoms with van der Waals surface area (Å²) >= 11 is 1.49. The number of carbonyl (C=O) groups excluding carboxylic acids is 1. The Hall–Kier alpha value is -2.86. The van der Waals surface area contributed by atoms with E-state index in [-0.39, 0.29) is 17.9 Å². The normalized spacial score (nSPS) is 25.5. The van der Waals surface area contributed by atoms with E-state index in [2.05, 4.69) is 25.6 Å². The molecule has 3 aromatic rings. The first-order valence-corrected chi connectivity index (χ1v) is 13.4. The zero-order chi connectivity index (χ0) is 25.6. The second kappa shape index (κ2) is 9.46. The van der Waals surface area contributed by atoms with Gasteiger partial charge in [0.05, 0.1) is 59.0 Å². The minimum atomic E-state index is -0.887. The van der Waals surface area contributed by atoms with E-state index in [0.29, 0.717) is 60.0 Å². The Balaban J connectivity index is 1.13. The predicted octanol–water partition coefficient (Wildman–Crippen LogP) is 2.99. The van der Waals surface area contributed by atoms with Crippen LogP contribution >= 0.6 is 11.8 Å². The lowest BCUT2D eigenvalue weighted by Crippen LogP contribution is -2.65. The molecule has 194 valence electrons. The third kappa shape index (κ3) is 4.54. The summed E-state index contributed by atoms with van der Waals surface area (Å²) in [4.78, 5) is 25.8. The molecule has 11 heteroatoms. The number of rotatable bonds is 7. The average Bonchev–Trinajstić information content (AvgIpc) is 2.94. The Morgan fingerprint density at radius 1 is 1.24 bits per heavy atom. The van der Waals surface area contributed by atoms with Crippen LogP contribution in [0.25, 0.3) is 11.0 Å². The van der Waals surface area contributed by atoms with Crippen LogP contribution in [0.3, 0.4) is 0 Å². The van der Waals surface area contributed by atoms with Gasteiger partial charge in [0, 0.05) is 30.1 Å². The first-order chi connectivity index (χ1) is 17.9. The predicted molar refractivity (Wildman–Crippen MR) is 136 cm³/mol. The number of thioether (sulfide) groups is 1. The van der Waals surface area contributed by atoms with Crippen molar-refractivity contribution >= 4 is 34.5 Å². The smallest absolute Gasteiger partial charge is 0.235 e. The van der Waals surface area contributed by atoms with Gasteiger partial charge in [-0.1, -0.05) is 0 Å². The van der Waals surface area contributed by atoms with Crippen LogP contribution in [0.2, 0.25) is 0 Å². The summed E-state index contributed by atoms with van der Waals surface area (Å²) in [6.45, 7) is 1.00. The fourth-order valence-corrected chi connectivity index (χ4v) is 6.28. The van der Waals surface area contributed by atoms with Crippen LogP contribution in [0.4, 0.5) is 10.2 Å². The van der Waals surface area contributed by atoms with Gasteiger partial charge in [0.1, 0.15) is 11.6 Å². The van der Waals surface area contributed by atoms with Gasteiger partial charge in [0.15, 0.2) is 0 Å². The third-order valence-corrected chi connectivity index (χ3v) is 8.87. The zero-order valence-corrected chi connectivity index (χ0v) is 21.2. The molecular weight excluding hydrogens is 497 g/mol. The molecule has 3 N–H and O–H groups in total. The lowest BCUT2D eigenvalue weighted by Gasteiger charge is -2.55. The van der Waals surface area contributed by atoms with Crippen molar-refractivity contribution in [3.05, 3.63) is 47.5 Å². The lowest BCUT2D eigenvalue weighted by molar-refractivity contribution is -0.208. The maximum atomic E-state index is 14.8. The molecule has 0 aromatic carbocycles. The van der Waals surface area contributed by atoms with Crippen LogP contribution in [0.15, 0.2) is 35.4 Å². The molecule has 2 bridgehead atoms. The number of carbonyl (C=O) groups is 1. The summed E-state index contributed by atoms with van der Waals surface area (Å²) in [7, 11) is 1.51. The summed E-state index contributed by atoms with van der Waals surface area (Å²) < 4.78 is 26.4. The van der Waals surface area contributed by atoms with Crippen molar-refractivity contribution in [2.45, 2.75) is 60.8 Å². The molecule has 7 rings (SSSR count). The van der Waals surface area contributed by atoms with Crippen molar-refractivity contribution in [1.82, 2.24) is 20.3 Å². The third-order valence-electron chi connectivity index (χ3n) is 7.82. The number of aromatic nitrogens is 3. The highest BCUT2D eigenvalue weighted by molar-refractivity contribution is 8.00. The van der Waals surface area contributed by atoms with Crippen molar-refractivity contribution in [2.24, 2.45) is 0 Å². The van der Waals surface area contributed by atoms with Gasteiger partial charge in [0.2, 0.25) is 11.8 Å². The SMILES string of the molecule is COc1ccc2ncc(F)c(CC(O)C34CCC(NCc5ccc6c(n5)NC(=O)CS6)(CC3)CO4)c2n1. The van der Waals surface area contributed by atoms with Crippen LogP contribution in [-0.2, 0) is 22.5 Å². The maximum Gasteiger partial charge on any atom is 0.235 e. The Bertz CT molecular complexity index is 1350. The van der Waals surface area contributed by atoms with Gasteiger partial charge >= 0.3 is 0 Å². The second-order valence-electron chi connectivity index (χ2n) is 10.00. The largest absolute Gasteiger partial charge is 0.481 e. The van der Waals surface area contributed by atoms with Crippen LogP contribution in [0, 0.1) is 5.82 Å². The summed E-state index contributed by atoms with van der Waals surface area (Å²) in [5, 5.41) is 17.8. The summed E-state index contributed by atoms with van der Waals surface area (Å²) in [5.74, 6) is 0.858. The van der Waals surface area contributed by atoms with Crippen LogP contribution < -0.4 is 15.4 Å². The quantitative estimate of drug-likeness (QED) is 0.428. The Morgan fingerprint density at radius 3 is 2.84 bits per heavy atom. The molecule has 1 atom stereocenters. The molecule has 3 aliphatic heterocycles. The molecule has 0 radical (unpaired) electrons. The number of anilines is 1. The van der Waals surface area contributed by atoms with Gasteiger partial charge in [0.25, 0.3) is 0 Å². The number of aliphatic hydroxyl groups excluding tert-OH is 1. The van der Waals surface area contributed by atoms with E-state index in [0.717, 1.165) is 23.4 Å². The highest BCUT2D eigenvalue weighted by Gasteiger charge is 2.53. The number of methoxy groups -OCH3 is 1. The monoisotopic (exact) mass is 525 g/mol. The van der Waals surface area contributed by atoms with Gasteiger partial charge in [-0.15, -0.1) is 11.8 Å². The van der Waals surface area contributed by atoms with E-state index in [4.69, 9.17) is 9.47 Å².